The minimum atomic E-state index is -0.784. The fourth-order valence-electron chi connectivity index (χ4n) is 3.93. The number of likely N-dealkylation sites (N-methyl/N-ethyl adjacent to an activating group) is 1. The van der Waals surface area contributed by atoms with E-state index in [4.69, 9.17) is 5.11 Å². The van der Waals surface area contributed by atoms with Crippen molar-refractivity contribution in [3.63, 3.8) is 0 Å². The molecule has 1 unspecified atom stereocenters. The van der Waals surface area contributed by atoms with E-state index in [1.165, 1.54) is 32.1 Å². The normalized spacial score (nSPS) is 28.6. The van der Waals surface area contributed by atoms with Crippen LogP contribution in [0.4, 0.5) is 4.79 Å². The maximum atomic E-state index is 12.2. The van der Waals surface area contributed by atoms with E-state index < -0.39 is 5.97 Å². The minimum absolute atomic E-state index is 0.0291. The first-order chi connectivity index (χ1) is 11.1. The second-order valence-corrected chi connectivity index (χ2v) is 7.45. The number of urea groups is 1. The van der Waals surface area contributed by atoms with Gasteiger partial charge in [0.1, 0.15) is 0 Å². The molecule has 0 saturated heterocycles. The summed E-state index contributed by atoms with van der Waals surface area (Å²) in [7, 11) is 0. The lowest BCUT2D eigenvalue weighted by Gasteiger charge is -2.42. The van der Waals surface area contributed by atoms with Gasteiger partial charge in [0, 0.05) is 18.1 Å². The third kappa shape index (κ3) is 4.16. The number of carbonyl (C=O) groups is 2. The molecule has 3 aliphatic rings. The number of carboxylic acids is 1. The van der Waals surface area contributed by atoms with Crippen molar-refractivity contribution in [2.24, 2.45) is 11.8 Å². The molecule has 0 aromatic heterocycles. The predicted molar refractivity (Wildman–Crippen MR) is 87.2 cm³/mol. The quantitative estimate of drug-likeness (QED) is 0.636. The summed E-state index contributed by atoms with van der Waals surface area (Å²) < 4.78 is 0. The highest BCUT2D eigenvalue weighted by atomic mass is 16.4. The maximum Gasteiger partial charge on any atom is 0.317 e. The highest BCUT2D eigenvalue weighted by Gasteiger charge is 2.40. The molecule has 0 aromatic rings. The molecule has 0 radical (unpaired) electrons. The largest absolute Gasteiger partial charge is 0.480 e. The Morgan fingerprint density at radius 3 is 2.30 bits per heavy atom. The Labute approximate surface area is 138 Å². The van der Waals surface area contributed by atoms with Gasteiger partial charge in [0.25, 0.3) is 0 Å². The van der Waals surface area contributed by atoms with Crippen LogP contribution < -0.4 is 10.6 Å². The van der Waals surface area contributed by atoms with Gasteiger partial charge in [-0.25, -0.2) is 4.79 Å². The van der Waals surface area contributed by atoms with Gasteiger partial charge in [-0.2, -0.15) is 0 Å². The molecule has 23 heavy (non-hydrogen) atoms. The maximum absolute atomic E-state index is 12.2. The van der Waals surface area contributed by atoms with Gasteiger partial charge < -0.3 is 15.7 Å². The van der Waals surface area contributed by atoms with Crippen molar-refractivity contribution in [3.8, 4) is 0 Å². The second-order valence-electron chi connectivity index (χ2n) is 7.45. The number of amides is 2. The Bertz CT molecular complexity index is 442. The zero-order chi connectivity index (χ0) is 16.4. The van der Waals surface area contributed by atoms with E-state index in [9.17, 15) is 9.59 Å². The lowest BCUT2D eigenvalue weighted by molar-refractivity contribution is -0.139. The first kappa shape index (κ1) is 16.6. The summed E-state index contributed by atoms with van der Waals surface area (Å²) in [5.41, 5.74) is 0. The van der Waals surface area contributed by atoms with Crippen LogP contribution in [0.2, 0.25) is 0 Å². The number of aliphatic carboxylic acids is 1. The Morgan fingerprint density at radius 2 is 1.83 bits per heavy atom. The Kier molecular flexibility index (Phi) is 5.09. The van der Waals surface area contributed by atoms with Crippen molar-refractivity contribution in [2.45, 2.75) is 70.0 Å². The molecule has 0 heterocycles. The monoisotopic (exact) mass is 323 g/mol. The molecular formula is C17H29N3O3. The summed E-state index contributed by atoms with van der Waals surface area (Å²) in [5.74, 6) is 0.605. The number of nitrogens with zero attached hydrogens (tertiary/aromatic N) is 1. The zero-order valence-corrected chi connectivity index (χ0v) is 14.0. The average Bonchev–Trinajstić information content (AvgIpc) is 3.21. The molecule has 0 aliphatic heterocycles. The lowest BCUT2D eigenvalue weighted by Crippen LogP contribution is -2.58. The SMILES string of the molecule is CCN(CC(=O)O)C1CC(NC(=O)NC(C2CCC2)C2CC2)C1. The molecule has 0 aromatic carbocycles. The van der Waals surface area contributed by atoms with Crippen LogP contribution in [-0.2, 0) is 4.79 Å². The van der Waals surface area contributed by atoms with Crippen molar-refractivity contribution in [2.75, 3.05) is 13.1 Å². The fraction of sp³-hybridized carbons (Fsp3) is 0.882. The van der Waals surface area contributed by atoms with Crippen LogP contribution in [0.25, 0.3) is 0 Å². The summed E-state index contributed by atoms with van der Waals surface area (Å²) in [6, 6.07) is 0.814. The van der Waals surface area contributed by atoms with Crippen molar-refractivity contribution < 1.29 is 14.7 Å². The molecule has 1 atom stereocenters. The molecule has 2 amide bonds. The highest BCUT2D eigenvalue weighted by Crippen LogP contribution is 2.42. The van der Waals surface area contributed by atoms with E-state index in [0.29, 0.717) is 17.9 Å². The number of hydrogen-bond acceptors (Lipinski definition) is 3. The van der Waals surface area contributed by atoms with Gasteiger partial charge in [-0.3, -0.25) is 9.69 Å². The van der Waals surface area contributed by atoms with Crippen LogP contribution in [-0.4, -0.2) is 53.2 Å². The summed E-state index contributed by atoms with van der Waals surface area (Å²) in [6.45, 7) is 2.81. The summed E-state index contributed by atoms with van der Waals surface area (Å²) in [6.07, 6.45) is 8.04. The molecular weight excluding hydrogens is 294 g/mol. The zero-order valence-electron chi connectivity index (χ0n) is 14.0. The second kappa shape index (κ2) is 7.07. The molecule has 0 spiro atoms. The predicted octanol–water partition coefficient (Wildman–Crippen LogP) is 1.80. The Morgan fingerprint density at radius 1 is 1.17 bits per heavy atom. The number of nitrogens with one attached hydrogen (secondary N) is 2. The van der Waals surface area contributed by atoms with E-state index in [1.807, 2.05) is 11.8 Å². The molecule has 6 nitrogen and oxygen atoms in total. The van der Waals surface area contributed by atoms with Crippen LogP contribution in [0.15, 0.2) is 0 Å². The van der Waals surface area contributed by atoms with Crippen LogP contribution in [0.3, 0.4) is 0 Å². The fourth-order valence-corrected chi connectivity index (χ4v) is 3.93. The standard InChI is InChI=1S/C17H29N3O3/c1-2-20(10-15(21)22)14-8-13(9-14)18-17(23)19-16(12-6-7-12)11-4-3-5-11/h11-14,16H,2-10H2,1H3,(H,21,22)(H2,18,19,23). The van der Waals surface area contributed by atoms with Crippen molar-refractivity contribution in [1.82, 2.24) is 15.5 Å². The van der Waals surface area contributed by atoms with Crippen LogP contribution in [0.5, 0.6) is 0 Å². The van der Waals surface area contributed by atoms with Gasteiger partial charge >= 0.3 is 12.0 Å². The van der Waals surface area contributed by atoms with Gasteiger partial charge in [0.05, 0.1) is 6.54 Å². The minimum Gasteiger partial charge on any atom is -0.480 e. The van der Waals surface area contributed by atoms with E-state index >= 15 is 0 Å². The van der Waals surface area contributed by atoms with E-state index in [2.05, 4.69) is 10.6 Å². The van der Waals surface area contributed by atoms with Gasteiger partial charge in [0.2, 0.25) is 0 Å². The smallest absolute Gasteiger partial charge is 0.317 e. The van der Waals surface area contributed by atoms with Gasteiger partial charge in [-0.1, -0.05) is 13.3 Å². The molecule has 3 fully saturated rings. The van der Waals surface area contributed by atoms with E-state index in [0.717, 1.165) is 19.4 Å². The molecule has 3 N–H and O–H groups in total. The van der Waals surface area contributed by atoms with Crippen LogP contribution in [0.1, 0.15) is 51.9 Å². The average molecular weight is 323 g/mol. The highest BCUT2D eigenvalue weighted by molar-refractivity contribution is 5.75. The molecule has 6 heteroatoms. The Hall–Kier alpha value is -1.30. The van der Waals surface area contributed by atoms with Crippen molar-refractivity contribution >= 4 is 12.0 Å². The molecule has 3 aliphatic carbocycles. The number of rotatable bonds is 8. The van der Waals surface area contributed by atoms with E-state index in [1.54, 1.807) is 0 Å². The van der Waals surface area contributed by atoms with Crippen LogP contribution in [0, 0.1) is 11.8 Å². The van der Waals surface area contributed by atoms with Gasteiger partial charge in [-0.05, 0) is 56.9 Å². The third-order valence-electron chi connectivity index (χ3n) is 5.79. The first-order valence-corrected chi connectivity index (χ1v) is 9.09. The van der Waals surface area contributed by atoms with Crippen molar-refractivity contribution in [1.29, 1.82) is 0 Å². The van der Waals surface area contributed by atoms with Gasteiger partial charge in [-0.15, -0.1) is 0 Å². The summed E-state index contributed by atoms with van der Waals surface area (Å²) >= 11 is 0. The van der Waals surface area contributed by atoms with Crippen LogP contribution >= 0.6 is 0 Å². The molecule has 3 saturated carbocycles. The first-order valence-electron chi connectivity index (χ1n) is 9.09. The van der Waals surface area contributed by atoms with E-state index in [-0.39, 0.29) is 24.7 Å². The third-order valence-corrected chi connectivity index (χ3v) is 5.79. The number of carbonyl (C=O) groups excluding carboxylic acids is 1. The molecule has 0 bridgehead atoms. The molecule has 130 valence electrons. The van der Waals surface area contributed by atoms with Gasteiger partial charge in [0.15, 0.2) is 0 Å². The summed E-state index contributed by atoms with van der Waals surface area (Å²) in [4.78, 5) is 25.0. The lowest BCUT2D eigenvalue weighted by atomic mass is 9.78. The summed E-state index contributed by atoms with van der Waals surface area (Å²) in [5, 5.41) is 15.2. The number of hydrogen-bond donors (Lipinski definition) is 3. The Balaban J connectivity index is 1.38. The number of carboxylic acid groups (broad SMARTS) is 1. The molecule has 3 rings (SSSR count). The topological polar surface area (TPSA) is 81.7 Å². The van der Waals surface area contributed by atoms with Crippen molar-refractivity contribution in [3.05, 3.63) is 0 Å².